The Bertz CT molecular complexity index is 1160. The van der Waals surface area contributed by atoms with Gasteiger partial charge in [-0.3, -0.25) is 18.7 Å². The molecule has 0 saturated heterocycles. The molecule has 146 valence electrons. The zero-order chi connectivity index (χ0) is 20.4. The second-order valence-electron chi connectivity index (χ2n) is 6.67. The summed E-state index contributed by atoms with van der Waals surface area (Å²) >= 11 is 0. The van der Waals surface area contributed by atoms with Crippen molar-refractivity contribution in [3.8, 4) is 0 Å². The average molecular weight is 381 g/mol. The Kier molecular flexibility index (Phi) is 5.30. The van der Waals surface area contributed by atoms with E-state index >= 15 is 0 Å². The van der Waals surface area contributed by atoms with Crippen molar-refractivity contribution in [2.75, 3.05) is 5.73 Å². The number of pyridine rings is 1. The fourth-order valence-electron chi connectivity index (χ4n) is 3.30. The maximum absolute atomic E-state index is 12.9. The summed E-state index contributed by atoms with van der Waals surface area (Å²) < 4.78 is 2.29. The third-order valence-corrected chi connectivity index (χ3v) is 4.74. The molecule has 1 aromatic carbocycles. The molecule has 28 heavy (non-hydrogen) atoms. The van der Waals surface area contributed by atoms with Gasteiger partial charge in [0.25, 0.3) is 11.5 Å². The second-order valence-corrected chi connectivity index (χ2v) is 6.67. The monoisotopic (exact) mass is 381 g/mol. The lowest BCUT2D eigenvalue weighted by atomic mass is 9.99. The molecule has 3 N–H and O–H groups in total. The molecule has 3 aromatic rings. The van der Waals surface area contributed by atoms with Crippen LogP contribution in [0.25, 0.3) is 11.0 Å². The fourth-order valence-corrected chi connectivity index (χ4v) is 3.30. The van der Waals surface area contributed by atoms with Gasteiger partial charge in [0.05, 0.1) is 10.9 Å². The zero-order valence-electron chi connectivity index (χ0n) is 16.2. The number of carbonyl (C=O) groups is 1. The molecule has 0 atom stereocenters. The highest BCUT2D eigenvalue weighted by Crippen LogP contribution is 2.23. The van der Waals surface area contributed by atoms with Crippen LogP contribution in [0.4, 0.5) is 5.82 Å². The smallest absolute Gasteiger partial charge is 0.332 e. The molecule has 3 rings (SSSR count). The summed E-state index contributed by atoms with van der Waals surface area (Å²) in [6.45, 7) is 2.27. The number of aromatic nitrogens is 3. The first kappa shape index (κ1) is 19.3. The van der Waals surface area contributed by atoms with Crippen LogP contribution in [0.2, 0.25) is 0 Å². The predicted octanol–water partition coefficient (Wildman–Crippen LogP) is 1.10. The van der Waals surface area contributed by atoms with Crippen LogP contribution in [-0.2, 0) is 27.1 Å². The first-order valence-electron chi connectivity index (χ1n) is 9.07. The number of carbonyl (C=O) groups excluding carboxylic acids is 1. The van der Waals surface area contributed by atoms with Gasteiger partial charge in [0, 0.05) is 20.6 Å². The first-order valence-corrected chi connectivity index (χ1v) is 9.07. The van der Waals surface area contributed by atoms with E-state index in [4.69, 9.17) is 5.73 Å². The quantitative estimate of drug-likeness (QED) is 0.687. The highest BCUT2D eigenvalue weighted by molar-refractivity contribution is 6.03. The van der Waals surface area contributed by atoms with E-state index in [1.54, 1.807) is 0 Å². The van der Waals surface area contributed by atoms with E-state index in [0.29, 0.717) is 24.9 Å². The van der Waals surface area contributed by atoms with Crippen LogP contribution < -0.4 is 22.3 Å². The van der Waals surface area contributed by atoms with E-state index in [0.717, 1.165) is 10.1 Å². The Morgan fingerprint density at radius 3 is 2.46 bits per heavy atom. The molecular weight excluding hydrogens is 358 g/mol. The highest BCUT2D eigenvalue weighted by atomic mass is 16.2. The molecule has 0 aliphatic rings. The van der Waals surface area contributed by atoms with E-state index in [2.05, 4.69) is 10.3 Å². The number of fused-ring (bicyclic) bond motifs is 1. The van der Waals surface area contributed by atoms with Gasteiger partial charge < -0.3 is 11.1 Å². The minimum Gasteiger partial charge on any atom is -0.383 e. The lowest BCUT2D eigenvalue weighted by Crippen LogP contribution is -2.38. The van der Waals surface area contributed by atoms with Crippen molar-refractivity contribution in [1.82, 2.24) is 19.4 Å². The molecule has 0 saturated carbocycles. The van der Waals surface area contributed by atoms with Crippen molar-refractivity contribution >= 4 is 22.8 Å². The van der Waals surface area contributed by atoms with Crippen LogP contribution in [0.15, 0.2) is 39.9 Å². The Morgan fingerprint density at radius 2 is 1.82 bits per heavy atom. The summed E-state index contributed by atoms with van der Waals surface area (Å²) in [5.41, 5.74) is 6.97. The number of hydrogen-bond donors (Lipinski definition) is 2. The van der Waals surface area contributed by atoms with Gasteiger partial charge in [-0.1, -0.05) is 43.7 Å². The van der Waals surface area contributed by atoms with Crippen molar-refractivity contribution in [3.05, 3.63) is 67.9 Å². The van der Waals surface area contributed by atoms with Crippen LogP contribution >= 0.6 is 0 Å². The standard InChI is InChI=1S/C20H23N5O3/c1-4-8-13-14(18(26)22-11-12-9-6-5-7-10-12)16(21)23-17-15(13)19(27)25(3)20(28)24(17)2/h5-7,9-10H,4,8,11H2,1-3H3,(H2,21,23)(H,22,26). The predicted molar refractivity (Wildman–Crippen MR) is 108 cm³/mol. The van der Waals surface area contributed by atoms with Crippen molar-refractivity contribution in [2.24, 2.45) is 14.1 Å². The summed E-state index contributed by atoms with van der Waals surface area (Å²) in [6.07, 6.45) is 1.16. The Balaban J connectivity index is 2.18. The van der Waals surface area contributed by atoms with E-state index in [-0.39, 0.29) is 22.4 Å². The Hall–Kier alpha value is -3.42. The van der Waals surface area contributed by atoms with Gasteiger partial charge in [-0.15, -0.1) is 0 Å². The number of hydrogen-bond acceptors (Lipinski definition) is 5. The molecule has 0 bridgehead atoms. The van der Waals surface area contributed by atoms with Gasteiger partial charge in [-0.05, 0) is 17.5 Å². The number of nitrogens with one attached hydrogen (secondary N) is 1. The fraction of sp³-hybridized carbons (Fsp3) is 0.300. The number of nitrogens with two attached hydrogens (primary N) is 1. The van der Waals surface area contributed by atoms with Gasteiger partial charge in [-0.2, -0.15) is 0 Å². The van der Waals surface area contributed by atoms with Gasteiger partial charge >= 0.3 is 5.69 Å². The molecule has 8 heteroatoms. The maximum Gasteiger partial charge on any atom is 0.332 e. The minimum atomic E-state index is -0.492. The van der Waals surface area contributed by atoms with Gasteiger partial charge in [0.1, 0.15) is 5.82 Å². The van der Waals surface area contributed by atoms with Crippen LogP contribution in [-0.4, -0.2) is 20.0 Å². The third-order valence-electron chi connectivity index (χ3n) is 4.74. The van der Waals surface area contributed by atoms with Crippen molar-refractivity contribution in [3.63, 3.8) is 0 Å². The van der Waals surface area contributed by atoms with Crippen molar-refractivity contribution in [1.29, 1.82) is 0 Å². The van der Waals surface area contributed by atoms with Crippen LogP contribution in [0.1, 0.15) is 34.8 Å². The number of nitrogens with zero attached hydrogens (tertiary/aromatic N) is 3. The summed E-state index contributed by atoms with van der Waals surface area (Å²) in [6, 6.07) is 9.48. The van der Waals surface area contributed by atoms with E-state index in [9.17, 15) is 14.4 Å². The summed E-state index contributed by atoms with van der Waals surface area (Å²) in [5.74, 6) is -0.389. The average Bonchev–Trinajstić information content (AvgIpc) is 2.69. The van der Waals surface area contributed by atoms with Gasteiger partial charge in [0.15, 0.2) is 5.65 Å². The molecule has 0 aliphatic carbocycles. The zero-order valence-corrected chi connectivity index (χ0v) is 16.2. The molecule has 0 radical (unpaired) electrons. The largest absolute Gasteiger partial charge is 0.383 e. The van der Waals surface area contributed by atoms with E-state index in [1.807, 2.05) is 37.3 Å². The topological polar surface area (TPSA) is 112 Å². The molecule has 0 unspecified atom stereocenters. The molecule has 1 amide bonds. The molecular formula is C20H23N5O3. The molecule has 8 nitrogen and oxygen atoms in total. The molecule has 0 aliphatic heterocycles. The third kappa shape index (κ3) is 3.28. The van der Waals surface area contributed by atoms with Crippen molar-refractivity contribution < 1.29 is 4.79 Å². The van der Waals surface area contributed by atoms with Crippen LogP contribution in [0, 0.1) is 0 Å². The SMILES string of the molecule is CCCc1c(C(=O)NCc2ccccc2)c(N)nc2c1c(=O)n(C)c(=O)n2C. The first-order chi connectivity index (χ1) is 13.4. The number of benzene rings is 1. The Morgan fingerprint density at radius 1 is 1.14 bits per heavy atom. The maximum atomic E-state index is 12.9. The summed E-state index contributed by atoms with van der Waals surface area (Å²) in [4.78, 5) is 42.2. The summed E-state index contributed by atoms with van der Waals surface area (Å²) in [5, 5.41) is 3.10. The molecule has 2 heterocycles. The summed E-state index contributed by atoms with van der Waals surface area (Å²) in [7, 11) is 2.94. The number of anilines is 1. The van der Waals surface area contributed by atoms with Crippen molar-refractivity contribution in [2.45, 2.75) is 26.3 Å². The minimum absolute atomic E-state index is 0.00441. The van der Waals surface area contributed by atoms with Gasteiger partial charge in [-0.25, -0.2) is 9.78 Å². The Labute approximate surface area is 161 Å². The lowest BCUT2D eigenvalue weighted by molar-refractivity contribution is 0.0950. The highest BCUT2D eigenvalue weighted by Gasteiger charge is 2.23. The second kappa shape index (κ2) is 7.67. The van der Waals surface area contributed by atoms with Gasteiger partial charge in [0.2, 0.25) is 0 Å². The van der Waals surface area contributed by atoms with E-state index in [1.165, 1.54) is 18.7 Å². The lowest BCUT2D eigenvalue weighted by Gasteiger charge is -2.16. The molecule has 0 spiro atoms. The number of nitrogen functional groups attached to an aromatic ring is 1. The normalized spacial score (nSPS) is 11.0. The number of aryl methyl sites for hydroxylation is 2. The molecule has 0 fully saturated rings. The van der Waals surface area contributed by atoms with Crippen LogP contribution in [0.3, 0.4) is 0 Å². The van der Waals surface area contributed by atoms with Crippen LogP contribution in [0.5, 0.6) is 0 Å². The number of amides is 1. The molecule has 2 aromatic heterocycles. The number of rotatable bonds is 5. The van der Waals surface area contributed by atoms with E-state index < -0.39 is 17.2 Å².